The topological polar surface area (TPSA) is 41.9 Å². The Bertz CT molecular complexity index is 1170. The van der Waals surface area contributed by atoms with E-state index in [1.807, 2.05) is 86.7 Å². The Hall–Kier alpha value is -3.02. The first-order valence-electron chi connectivity index (χ1n) is 10.4. The van der Waals surface area contributed by atoms with Gasteiger partial charge in [0, 0.05) is 10.6 Å². The number of carbonyl (C=O) groups excluding carboxylic acids is 1. The molecule has 1 fully saturated rings. The maximum atomic E-state index is 13.4. The summed E-state index contributed by atoms with van der Waals surface area (Å²) >= 11 is 7.57. The minimum atomic E-state index is -0.0906. The van der Waals surface area contributed by atoms with Crippen molar-refractivity contribution in [3.63, 3.8) is 0 Å². The number of amides is 1. The standard InChI is InChI=1S/C26H23ClN2O2S/c1-3-31-23-14-11-21(27)15-20(23)16-24-25(30)29(17-19-7-5-4-6-8-19)26(32-24)28-22-12-9-18(2)10-13-22/h4-16H,3,17H2,1-2H3/b24-16+,28-26?. The van der Waals surface area contributed by atoms with E-state index in [1.165, 1.54) is 11.8 Å². The van der Waals surface area contributed by atoms with Crippen LogP contribution in [0.5, 0.6) is 5.75 Å². The fraction of sp³-hybridized carbons (Fsp3) is 0.154. The van der Waals surface area contributed by atoms with Gasteiger partial charge in [0.15, 0.2) is 5.17 Å². The lowest BCUT2D eigenvalue weighted by atomic mass is 10.1. The van der Waals surface area contributed by atoms with E-state index in [2.05, 4.69) is 0 Å². The first kappa shape index (κ1) is 22.2. The number of rotatable bonds is 6. The third-order valence-corrected chi connectivity index (χ3v) is 6.13. The number of ether oxygens (including phenoxy) is 1. The molecule has 0 unspecified atom stereocenters. The van der Waals surface area contributed by atoms with Gasteiger partial charge in [-0.1, -0.05) is 59.6 Å². The van der Waals surface area contributed by atoms with E-state index < -0.39 is 0 Å². The van der Waals surface area contributed by atoms with Crippen LogP contribution in [0.4, 0.5) is 5.69 Å². The molecule has 3 aromatic rings. The van der Waals surface area contributed by atoms with Crippen LogP contribution in [-0.2, 0) is 11.3 Å². The first-order valence-corrected chi connectivity index (χ1v) is 11.6. The van der Waals surface area contributed by atoms with E-state index in [0.717, 1.165) is 22.4 Å². The Balaban J connectivity index is 1.72. The number of aryl methyl sites for hydroxylation is 1. The minimum Gasteiger partial charge on any atom is -0.493 e. The molecule has 0 saturated carbocycles. The van der Waals surface area contributed by atoms with E-state index in [1.54, 1.807) is 11.0 Å². The molecule has 0 spiro atoms. The number of amidine groups is 1. The van der Waals surface area contributed by atoms with E-state index in [4.69, 9.17) is 21.3 Å². The van der Waals surface area contributed by atoms with Crippen molar-refractivity contribution in [2.24, 2.45) is 4.99 Å². The molecule has 0 radical (unpaired) electrons. The van der Waals surface area contributed by atoms with Gasteiger partial charge in [0.25, 0.3) is 5.91 Å². The largest absolute Gasteiger partial charge is 0.493 e. The lowest BCUT2D eigenvalue weighted by molar-refractivity contribution is -0.122. The van der Waals surface area contributed by atoms with E-state index >= 15 is 0 Å². The number of hydrogen-bond acceptors (Lipinski definition) is 4. The van der Waals surface area contributed by atoms with Gasteiger partial charge >= 0.3 is 0 Å². The Morgan fingerprint density at radius 2 is 1.81 bits per heavy atom. The second-order valence-electron chi connectivity index (χ2n) is 7.33. The normalized spacial score (nSPS) is 16.2. The summed E-state index contributed by atoms with van der Waals surface area (Å²) in [4.78, 5) is 20.5. The summed E-state index contributed by atoms with van der Waals surface area (Å²) in [5.74, 6) is 0.600. The van der Waals surface area contributed by atoms with Gasteiger partial charge in [0.1, 0.15) is 5.75 Å². The van der Waals surface area contributed by atoms with Crippen molar-refractivity contribution in [3.8, 4) is 5.75 Å². The zero-order chi connectivity index (χ0) is 22.5. The summed E-state index contributed by atoms with van der Waals surface area (Å²) in [5.41, 5.74) is 3.78. The molecule has 1 aliphatic heterocycles. The molecule has 4 nitrogen and oxygen atoms in total. The fourth-order valence-corrected chi connectivity index (χ4v) is 4.46. The summed E-state index contributed by atoms with van der Waals surface area (Å²) in [6, 6.07) is 23.3. The Morgan fingerprint density at radius 1 is 1.06 bits per heavy atom. The van der Waals surface area contributed by atoms with Gasteiger partial charge < -0.3 is 4.74 Å². The fourth-order valence-electron chi connectivity index (χ4n) is 3.29. The van der Waals surface area contributed by atoms with Crippen LogP contribution in [0.3, 0.4) is 0 Å². The second kappa shape index (κ2) is 10.1. The summed E-state index contributed by atoms with van der Waals surface area (Å²) in [5, 5.41) is 1.24. The maximum absolute atomic E-state index is 13.4. The highest BCUT2D eigenvalue weighted by atomic mass is 35.5. The van der Waals surface area contributed by atoms with Gasteiger partial charge in [-0.3, -0.25) is 9.69 Å². The molecule has 1 heterocycles. The highest BCUT2D eigenvalue weighted by Gasteiger charge is 2.33. The van der Waals surface area contributed by atoms with Crippen LogP contribution in [0.2, 0.25) is 5.02 Å². The van der Waals surface area contributed by atoms with Crippen LogP contribution in [0.1, 0.15) is 23.6 Å². The lowest BCUT2D eigenvalue weighted by Gasteiger charge is -2.15. The number of aliphatic imine (C=N–C) groups is 1. The molecule has 0 aliphatic carbocycles. The summed E-state index contributed by atoms with van der Waals surface area (Å²) in [6.07, 6.45) is 1.83. The van der Waals surface area contributed by atoms with Crippen LogP contribution >= 0.6 is 23.4 Å². The third-order valence-electron chi connectivity index (χ3n) is 4.89. The molecular formula is C26H23ClN2O2S. The predicted octanol–water partition coefficient (Wildman–Crippen LogP) is 6.85. The van der Waals surface area contributed by atoms with E-state index in [-0.39, 0.29) is 5.91 Å². The van der Waals surface area contributed by atoms with Crippen LogP contribution in [0.25, 0.3) is 6.08 Å². The summed E-state index contributed by atoms with van der Waals surface area (Å²) < 4.78 is 5.73. The molecule has 1 amide bonds. The van der Waals surface area contributed by atoms with E-state index in [0.29, 0.717) is 34.0 Å². The zero-order valence-electron chi connectivity index (χ0n) is 17.9. The number of carbonyl (C=O) groups is 1. The zero-order valence-corrected chi connectivity index (χ0v) is 19.5. The third kappa shape index (κ3) is 5.23. The average molecular weight is 463 g/mol. The Kier molecular flexibility index (Phi) is 6.98. The lowest BCUT2D eigenvalue weighted by Crippen LogP contribution is -2.28. The van der Waals surface area contributed by atoms with Crippen molar-refractivity contribution < 1.29 is 9.53 Å². The van der Waals surface area contributed by atoms with Crippen molar-refractivity contribution >= 4 is 46.2 Å². The number of nitrogens with zero attached hydrogens (tertiary/aromatic N) is 2. The highest BCUT2D eigenvalue weighted by Crippen LogP contribution is 2.37. The van der Waals surface area contributed by atoms with Crippen molar-refractivity contribution in [3.05, 3.63) is 99.4 Å². The van der Waals surface area contributed by atoms with Gasteiger partial charge in [0.05, 0.1) is 23.7 Å². The second-order valence-corrected chi connectivity index (χ2v) is 8.78. The van der Waals surface area contributed by atoms with Gasteiger partial charge in [-0.15, -0.1) is 0 Å². The quantitative estimate of drug-likeness (QED) is 0.376. The van der Waals surface area contributed by atoms with Crippen LogP contribution in [0, 0.1) is 6.92 Å². The smallest absolute Gasteiger partial charge is 0.267 e. The Labute approximate surface area is 197 Å². The summed E-state index contributed by atoms with van der Waals surface area (Å²) in [7, 11) is 0. The van der Waals surface area contributed by atoms with Gasteiger partial charge in [0.2, 0.25) is 0 Å². The first-order chi connectivity index (χ1) is 15.5. The molecule has 0 aromatic heterocycles. The number of halogens is 1. The van der Waals surface area contributed by atoms with Gasteiger partial charge in [-0.25, -0.2) is 4.99 Å². The highest BCUT2D eigenvalue weighted by molar-refractivity contribution is 8.18. The SMILES string of the molecule is CCOc1ccc(Cl)cc1/C=C1/SC(=Nc2ccc(C)cc2)N(Cc2ccccc2)C1=O. The molecule has 3 aromatic carbocycles. The van der Waals surface area contributed by atoms with Crippen molar-refractivity contribution in [1.82, 2.24) is 4.90 Å². The Morgan fingerprint density at radius 3 is 2.53 bits per heavy atom. The van der Waals surface area contributed by atoms with Gasteiger partial charge in [-0.2, -0.15) is 0 Å². The molecule has 0 bridgehead atoms. The molecule has 0 N–H and O–H groups in total. The molecule has 162 valence electrons. The van der Waals surface area contributed by atoms with Crippen molar-refractivity contribution in [2.45, 2.75) is 20.4 Å². The molecule has 1 aliphatic rings. The number of benzene rings is 3. The van der Waals surface area contributed by atoms with Crippen LogP contribution in [-0.4, -0.2) is 22.6 Å². The van der Waals surface area contributed by atoms with Gasteiger partial charge in [-0.05, 0) is 67.6 Å². The molecule has 0 atom stereocenters. The molecule has 1 saturated heterocycles. The van der Waals surface area contributed by atoms with Crippen molar-refractivity contribution in [1.29, 1.82) is 0 Å². The molecule has 6 heteroatoms. The van der Waals surface area contributed by atoms with Crippen LogP contribution < -0.4 is 4.74 Å². The monoisotopic (exact) mass is 462 g/mol. The van der Waals surface area contributed by atoms with E-state index in [9.17, 15) is 4.79 Å². The maximum Gasteiger partial charge on any atom is 0.267 e. The summed E-state index contributed by atoms with van der Waals surface area (Å²) in [6.45, 7) is 4.94. The molecule has 32 heavy (non-hydrogen) atoms. The number of hydrogen-bond donors (Lipinski definition) is 0. The molecule has 4 rings (SSSR count). The van der Waals surface area contributed by atoms with Crippen molar-refractivity contribution in [2.75, 3.05) is 6.61 Å². The predicted molar refractivity (Wildman–Crippen MR) is 133 cm³/mol. The molecular weight excluding hydrogens is 440 g/mol. The minimum absolute atomic E-state index is 0.0906. The van der Waals surface area contributed by atoms with Crippen LogP contribution in [0.15, 0.2) is 82.7 Å². The number of thioether (sulfide) groups is 1. The average Bonchev–Trinajstić information content (AvgIpc) is 3.07.